The molecule has 0 aliphatic heterocycles. The summed E-state index contributed by atoms with van der Waals surface area (Å²) in [5.41, 5.74) is 1.00. The second-order valence-electron chi connectivity index (χ2n) is 10.3. The number of fused-ring (bicyclic) bond motifs is 1. The van der Waals surface area contributed by atoms with E-state index in [0.29, 0.717) is 29.1 Å². The van der Waals surface area contributed by atoms with E-state index in [1.54, 1.807) is 20.2 Å². The molecule has 14 heteroatoms. The molecule has 0 aliphatic carbocycles. The van der Waals surface area contributed by atoms with E-state index in [2.05, 4.69) is 25.6 Å². The van der Waals surface area contributed by atoms with Crippen molar-refractivity contribution in [3.05, 3.63) is 63.9 Å². The molecule has 4 N–H and O–H groups in total. The molecule has 0 aromatic carbocycles. The summed E-state index contributed by atoms with van der Waals surface area (Å²) in [5.74, 6) is -1.02. The Morgan fingerprint density at radius 3 is 2.64 bits per heavy atom. The van der Waals surface area contributed by atoms with Crippen LogP contribution < -0.4 is 16.2 Å². The van der Waals surface area contributed by atoms with Gasteiger partial charge in [0.25, 0.3) is 5.56 Å². The fourth-order valence-corrected chi connectivity index (χ4v) is 4.22. The van der Waals surface area contributed by atoms with E-state index in [1.165, 1.54) is 34.8 Å². The number of pyridine rings is 2. The normalized spacial score (nSPS) is 12.2. The van der Waals surface area contributed by atoms with Crippen molar-refractivity contribution in [3.8, 4) is 0 Å². The van der Waals surface area contributed by atoms with Crippen LogP contribution in [0.2, 0.25) is 0 Å². The summed E-state index contributed by atoms with van der Waals surface area (Å²) < 4.78 is 21.1. The van der Waals surface area contributed by atoms with E-state index in [4.69, 9.17) is 4.74 Å². The number of hydrogen-bond donors (Lipinski definition) is 4. The lowest BCUT2D eigenvalue weighted by molar-refractivity contribution is -0.123. The summed E-state index contributed by atoms with van der Waals surface area (Å²) in [4.78, 5) is 62.6. The summed E-state index contributed by atoms with van der Waals surface area (Å²) >= 11 is 0. The Hall–Kier alpha value is -4.59. The number of carbonyl (C=O) groups excluding carboxylic acids is 2. The first-order valence-electron chi connectivity index (χ1n) is 13.3. The predicted octanol–water partition coefficient (Wildman–Crippen LogP) is 2.65. The van der Waals surface area contributed by atoms with Gasteiger partial charge in [-0.1, -0.05) is 19.9 Å². The largest absolute Gasteiger partial charge is 0.465 e. The molecule has 3 amide bonds. The molecule has 3 aromatic heterocycles. The van der Waals surface area contributed by atoms with Crippen LogP contribution in [0.5, 0.6) is 0 Å². The number of carbonyl (C=O) groups is 3. The summed E-state index contributed by atoms with van der Waals surface area (Å²) in [6.45, 7) is 4.02. The number of imidazole rings is 1. The lowest BCUT2D eigenvalue weighted by Gasteiger charge is -2.17. The van der Waals surface area contributed by atoms with Crippen LogP contribution in [-0.4, -0.2) is 74.7 Å². The van der Waals surface area contributed by atoms with Crippen LogP contribution in [-0.2, 0) is 33.9 Å². The topological polar surface area (TPSA) is 172 Å². The zero-order valence-electron chi connectivity index (χ0n) is 24.2. The van der Waals surface area contributed by atoms with Crippen LogP contribution >= 0.6 is 0 Å². The first kappa shape index (κ1) is 31.9. The Balaban J connectivity index is 1.89. The zero-order chi connectivity index (χ0) is 31.0. The van der Waals surface area contributed by atoms with Gasteiger partial charge in [-0.3, -0.25) is 19.4 Å². The molecular formula is C28H36FN7O6. The highest BCUT2D eigenvalue weighted by molar-refractivity contribution is 5.96. The lowest BCUT2D eigenvalue weighted by atomic mass is 10.1. The molecule has 42 heavy (non-hydrogen) atoms. The number of aromatic nitrogens is 4. The van der Waals surface area contributed by atoms with E-state index in [-0.39, 0.29) is 49.0 Å². The number of rotatable bonds is 13. The van der Waals surface area contributed by atoms with Crippen LogP contribution in [0.4, 0.5) is 14.9 Å². The van der Waals surface area contributed by atoms with Gasteiger partial charge < -0.3 is 34.9 Å². The summed E-state index contributed by atoms with van der Waals surface area (Å²) in [5, 5.41) is 13.9. The van der Waals surface area contributed by atoms with Crippen molar-refractivity contribution in [2.45, 2.75) is 52.3 Å². The molecule has 0 radical (unpaired) electrons. The highest BCUT2D eigenvalue weighted by Gasteiger charge is 2.22. The first-order valence-corrected chi connectivity index (χ1v) is 13.3. The molecular weight excluding hydrogens is 549 g/mol. The molecule has 13 nitrogen and oxygen atoms in total. The average molecular weight is 586 g/mol. The molecule has 0 fully saturated rings. The Labute approximate surface area is 241 Å². The van der Waals surface area contributed by atoms with Crippen molar-refractivity contribution in [3.63, 3.8) is 0 Å². The maximum Gasteiger partial charge on any atom is 0.405 e. The quantitative estimate of drug-likeness (QED) is 0.222. The number of amides is 3. The minimum atomic E-state index is -1.42. The number of nitrogens with one attached hydrogen (secondary N) is 3. The molecule has 0 bridgehead atoms. The standard InChI is InChI=1S/C28H36FN7O6/c1-16(2)12-21-25-24(18(29)13-30-21)33-22(34-25)14-36-17(15-42-5)10-11-20(27(36)39)31-26(38)19(32-28(40)41)8-6-7-9-23(37)35(3)4/h7,9-11,13,16,19,32H,6,8,12,14-15H2,1-5H3,(H,31,38)(H,33,34)(H,40,41)/b9-7+. The fourth-order valence-electron chi connectivity index (χ4n) is 4.22. The zero-order valence-corrected chi connectivity index (χ0v) is 24.2. The Morgan fingerprint density at radius 2 is 2.00 bits per heavy atom. The number of methoxy groups -OCH3 is 1. The number of nitrogens with zero attached hydrogens (tertiary/aromatic N) is 4. The van der Waals surface area contributed by atoms with Crippen molar-refractivity contribution in [1.82, 2.24) is 29.7 Å². The maximum absolute atomic E-state index is 14.5. The number of ether oxygens (including phenoxy) is 1. The molecule has 1 unspecified atom stereocenters. The summed E-state index contributed by atoms with van der Waals surface area (Å²) in [6, 6.07) is 1.80. The number of anilines is 1. The van der Waals surface area contributed by atoms with Crippen molar-refractivity contribution in [1.29, 1.82) is 0 Å². The van der Waals surface area contributed by atoms with Crippen molar-refractivity contribution in [2.24, 2.45) is 5.92 Å². The third-order valence-electron chi connectivity index (χ3n) is 6.26. The van der Waals surface area contributed by atoms with E-state index in [9.17, 15) is 28.7 Å². The van der Waals surface area contributed by atoms with Gasteiger partial charge in [-0.2, -0.15) is 0 Å². The Bertz CT molecular complexity index is 1530. The molecule has 0 saturated carbocycles. The van der Waals surface area contributed by atoms with Crippen LogP contribution in [0.3, 0.4) is 0 Å². The van der Waals surface area contributed by atoms with Crippen LogP contribution in [0, 0.1) is 11.7 Å². The number of halogens is 1. The highest BCUT2D eigenvalue weighted by Crippen LogP contribution is 2.21. The third kappa shape index (κ3) is 8.22. The summed E-state index contributed by atoms with van der Waals surface area (Å²) in [6.07, 6.45) is 3.45. The van der Waals surface area contributed by atoms with Crippen molar-refractivity contribution >= 4 is 34.6 Å². The van der Waals surface area contributed by atoms with Gasteiger partial charge in [0.2, 0.25) is 11.8 Å². The van der Waals surface area contributed by atoms with Crippen LogP contribution in [0.15, 0.2) is 35.3 Å². The Morgan fingerprint density at radius 1 is 1.26 bits per heavy atom. The van der Waals surface area contributed by atoms with Gasteiger partial charge in [0, 0.05) is 26.9 Å². The number of hydrogen-bond acceptors (Lipinski definition) is 7. The maximum atomic E-state index is 14.5. The molecule has 3 aromatic rings. The smallest absolute Gasteiger partial charge is 0.405 e. The number of carboxylic acid groups (broad SMARTS) is 1. The number of likely N-dealkylation sites (N-methyl/N-ethyl adjacent to an activating group) is 1. The van der Waals surface area contributed by atoms with E-state index >= 15 is 0 Å². The SMILES string of the molecule is COCc1ccc(NC(=O)C(CC/C=C/C(=O)N(C)C)NC(=O)O)c(=O)n1Cc1nc2c(F)cnc(CC(C)C)c2[nH]1. The van der Waals surface area contributed by atoms with Crippen molar-refractivity contribution in [2.75, 3.05) is 26.5 Å². The van der Waals surface area contributed by atoms with Gasteiger partial charge in [-0.25, -0.2) is 14.2 Å². The monoisotopic (exact) mass is 585 g/mol. The molecule has 0 aliphatic rings. The highest BCUT2D eigenvalue weighted by atomic mass is 19.1. The van der Waals surface area contributed by atoms with Crippen molar-refractivity contribution < 1.29 is 28.6 Å². The number of H-pyrrole nitrogens is 1. The predicted molar refractivity (Wildman–Crippen MR) is 154 cm³/mol. The van der Waals surface area contributed by atoms with Gasteiger partial charge >= 0.3 is 6.09 Å². The minimum absolute atomic E-state index is 0.0442. The van der Waals surface area contributed by atoms with E-state index in [1.807, 2.05) is 13.8 Å². The van der Waals surface area contributed by atoms with Gasteiger partial charge in [-0.15, -0.1) is 0 Å². The molecule has 3 rings (SSSR count). The van der Waals surface area contributed by atoms with Crippen LogP contribution in [0.25, 0.3) is 11.0 Å². The Kier molecular flexibility index (Phi) is 10.9. The molecule has 0 saturated heterocycles. The van der Waals surface area contributed by atoms with Gasteiger partial charge in [0.1, 0.15) is 23.1 Å². The number of aromatic amines is 1. The van der Waals surface area contributed by atoms with E-state index in [0.717, 1.165) is 6.20 Å². The lowest BCUT2D eigenvalue weighted by Crippen LogP contribution is -2.44. The minimum Gasteiger partial charge on any atom is -0.465 e. The second kappa shape index (κ2) is 14.3. The van der Waals surface area contributed by atoms with E-state index < -0.39 is 29.4 Å². The van der Waals surface area contributed by atoms with Gasteiger partial charge in [0.15, 0.2) is 5.82 Å². The number of allylic oxidation sites excluding steroid dienone is 1. The first-order chi connectivity index (χ1) is 19.9. The fraction of sp³-hybridized carbons (Fsp3) is 0.429. The molecule has 3 heterocycles. The third-order valence-corrected chi connectivity index (χ3v) is 6.26. The van der Waals surface area contributed by atoms with Gasteiger partial charge in [0.05, 0.1) is 30.6 Å². The second-order valence-corrected chi connectivity index (χ2v) is 10.3. The molecule has 226 valence electrons. The summed E-state index contributed by atoms with van der Waals surface area (Å²) in [7, 11) is 4.65. The van der Waals surface area contributed by atoms with Gasteiger partial charge in [-0.05, 0) is 43.4 Å². The van der Waals surface area contributed by atoms with Crippen LogP contribution in [0.1, 0.15) is 43.9 Å². The average Bonchev–Trinajstić information content (AvgIpc) is 3.35. The molecule has 0 spiro atoms. The molecule has 1 atom stereocenters.